The SMILES string of the molecule is COc1cc(C2(C(C)=O)CCOC2=O)cc(O)c1O. The van der Waals surface area contributed by atoms with Gasteiger partial charge in [0.05, 0.1) is 13.7 Å². The number of esters is 1. The lowest BCUT2D eigenvalue weighted by molar-refractivity contribution is -0.146. The van der Waals surface area contributed by atoms with Crippen LogP contribution in [0, 0.1) is 0 Å². The van der Waals surface area contributed by atoms with Gasteiger partial charge in [-0.3, -0.25) is 9.59 Å². The van der Waals surface area contributed by atoms with Crippen LogP contribution in [0.1, 0.15) is 18.9 Å². The fourth-order valence-corrected chi connectivity index (χ4v) is 2.30. The Hall–Kier alpha value is -2.24. The lowest BCUT2D eigenvalue weighted by Gasteiger charge is -2.23. The largest absolute Gasteiger partial charge is 0.504 e. The van der Waals surface area contributed by atoms with E-state index in [1.807, 2.05) is 0 Å². The lowest BCUT2D eigenvalue weighted by atomic mass is 9.76. The first-order valence-corrected chi connectivity index (χ1v) is 5.72. The molecule has 0 spiro atoms. The molecular formula is C13H14O6. The van der Waals surface area contributed by atoms with Gasteiger partial charge in [-0.25, -0.2) is 0 Å². The standard InChI is InChI=1S/C13H14O6/c1-7(14)13(3-4-19-12(13)17)8-5-9(15)11(16)10(6-8)18-2/h5-6,15-16H,3-4H2,1-2H3. The highest BCUT2D eigenvalue weighted by molar-refractivity contribution is 6.09. The molecule has 1 saturated heterocycles. The quantitative estimate of drug-likeness (QED) is 0.479. The number of aromatic hydroxyl groups is 2. The normalized spacial score (nSPS) is 22.1. The Labute approximate surface area is 109 Å². The predicted octanol–water partition coefficient (Wildman–Crippen LogP) is 0.880. The maximum atomic E-state index is 11.9. The fraction of sp³-hybridized carbons (Fsp3) is 0.385. The van der Waals surface area contributed by atoms with E-state index in [2.05, 4.69) is 0 Å². The molecule has 1 atom stereocenters. The summed E-state index contributed by atoms with van der Waals surface area (Å²) >= 11 is 0. The molecule has 1 aromatic rings. The van der Waals surface area contributed by atoms with Crippen LogP contribution < -0.4 is 4.74 Å². The summed E-state index contributed by atoms with van der Waals surface area (Å²) in [6.07, 6.45) is 0.203. The van der Waals surface area contributed by atoms with Crippen LogP contribution in [0.4, 0.5) is 0 Å². The first kappa shape index (κ1) is 13.2. The zero-order chi connectivity index (χ0) is 14.2. The summed E-state index contributed by atoms with van der Waals surface area (Å²) in [7, 11) is 1.31. The molecule has 0 aromatic heterocycles. The number of carbonyl (C=O) groups excluding carboxylic acids is 2. The topological polar surface area (TPSA) is 93.1 Å². The third-order valence-electron chi connectivity index (χ3n) is 3.43. The van der Waals surface area contributed by atoms with Gasteiger partial charge in [-0.2, -0.15) is 0 Å². The molecule has 1 aromatic carbocycles. The van der Waals surface area contributed by atoms with Gasteiger partial charge in [-0.15, -0.1) is 0 Å². The van der Waals surface area contributed by atoms with Crippen molar-refractivity contribution >= 4 is 11.8 Å². The summed E-state index contributed by atoms with van der Waals surface area (Å²) in [5, 5.41) is 19.2. The number of methoxy groups -OCH3 is 1. The van der Waals surface area contributed by atoms with E-state index in [4.69, 9.17) is 9.47 Å². The Bertz CT molecular complexity index is 550. The Morgan fingerprint density at radius 1 is 1.42 bits per heavy atom. The molecule has 2 N–H and O–H groups in total. The van der Waals surface area contributed by atoms with Gasteiger partial charge >= 0.3 is 5.97 Å². The zero-order valence-electron chi connectivity index (χ0n) is 10.6. The van der Waals surface area contributed by atoms with Crippen molar-refractivity contribution in [1.29, 1.82) is 0 Å². The number of phenolic OH excluding ortho intramolecular Hbond substituents is 2. The van der Waals surface area contributed by atoms with E-state index >= 15 is 0 Å². The summed E-state index contributed by atoms with van der Waals surface area (Å²) in [6.45, 7) is 1.44. The highest BCUT2D eigenvalue weighted by atomic mass is 16.5. The molecule has 1 unspecified atom stereocenters. The molecule has 19 heavy (non-hydrogen) atoms. The van der Waals surface area contributed by atoms with Crippen LogP contribution in [-0.4, -0.2) is 35.7 Å². The number of cyclic esters (lactones) is 1. The van der Waals surface area contributed by atoms with Crippen molar-refractivity contribution in [3.05, 3.63) is 17.7 Å². The molecule has 6 heteroatoms. The van der Waals surface area contributed by atoms with Gasteiger partial charge in [0.1, 0.15) is 0 Å². The highest BCUT2D eigenvalue weighted by Gasteiger charge is 2.51. The molecule has 102 valence electrons. The minimum absolute atomic E-state index is 0.00433. The van der Waals surface area contributed by atoms with Crippen LogP contribution in [0.5, 0.6) is 17.2 Å². The van der Waals surface area contributed by atoms with E-state index in [1.165, 1.54) is 26.2 Å². The summed E-state index contributed by atoms with van der Waals surface area (Å²) in [4.78, 5) is 23.8. The van der Waals surface area contributed by atoms with Gasteiger partial charge in [0.2, 0.25) is 5.75 Å². The predicted molar refractivity (Wildman–Crippen MR) is 64.3 cm³/mol. The van der Waals surface area contributed by atoms with Crippen LogP contribution in [0.15, 0.2) is 12.1 Å². The van der Waals surface area contributed by atoms with Crippen molar-refractivity contribution in [2.75, 3.05) is 13.7 Å². The molecule has 0 saturated carbocycles. The van der Waals surface area contributed by atoms with E-state index in [0.717, 1.165) is 0 Å². The van der Waals surface area contributed by atoms with Gasteiger partial charge in [0.25, 0.3) is 0 Å². The lowest BCUT2D eigenvalue weighted by Crippen LogP contribution is -2.38. The number of ether oxygens (including phenoxy) is 2. The number of rotatable bonds is 3. The molecule has 1 aliphatic heterocycles. The van der Waals surface area contributed by atoms with Crippen molar-refractivity contribution in [1.82, 2.24) is 0 Å². The zero-order valence-corrected chi connectivity index (χ0v) is 10.6. The third kappa shape index (κ3) is 1.80. The monoisotopic (exact) mass is 266 g/mol. The van der Waals surface area contributed by atoms with Crippen LogP contribution in [0.3, 0.4) is 0 Å². The first-order chi connectivity index (χ1) is 8.93. The Morgan fingerprint density at radius 2 is 2.11 bits per heavy atom. The third-order valence-corrected chi connectivity index (χ3v) is 3.43. The number of carbonyl (C=O) groups is 2. The van der Waals surface area contributed by atoms with E-state index in [9.17, 15) is 19.8 Å². The maximum Gasteiger partial charge on any atom is 0.324 e. The summed E-state index contributed by atoms with van der Waals surface area (Å²) in [5.41, 5.74) is -1.17. The van der Waals surface area contributed by atoms with Crippen molar-refractivity contribution in [3.63, 3.8) is 0 Å². The molecule has 1 heterocycles. The maximum absolute atomic E-state index is 11.9. The van der Waals surface area contributed by atoms with E-state index < -0.39 is 22.9 Å². The minimum atomic E-state index is -1.43. The Kier molecular flexibility index (Phi) is 3.09. The Morgan fingerprint density at radius 3 is 2.58 bits per heavy atom. The number of hydrogen-bond donors (Lipinski definition) is 2. The van der Waals surface area contributed by atoms with E-state index in [1.54, 1.807) is 0 Å². The number of phenols is 2. The molecule has 1 fully saturated rings. The van der Waals surface area contributed by atoms with Crippen LogP contribution in [0.2, 0.25) is 0 Å². The van der Waals surface area contributed by atoms with Gasteiger partial charge in [-0.1, -0.05) is 0 Å². The summed E-state index contributed by atoms with van der Waals surface area (Å²) in [5.74, 6) is -1.91. The summed E-state index contributed by atoms with van der Waals surface area (Å²) < 4.78 is 9.80. The van der Waals surface area contributed by atoms with E-state index in [-0.39, 0.29) is 30.1 Å². The molecule has 1 aliphatic rings. The average molecular weight is 266 g/mol. The van der Waals surface area contributed by atoms with Crippen LogP contribution in [0.25, 0.3) is 0 Å². The highest BCUT2D eigenvalue weighted by Crippen LogP contribution is 2.43. The number of ketones is 1. The molecule has 2 rings (SSSR count). The molecule has 0 bridgehead atoms. The average Bonchev–Trinajstić information content (AvgIpc) is 2.75. The number of Topliss-reactive ketones (excluding diaryl/α,β-unsaturated/α-hetero) is 1. The first-order valence-electron chi connectivity index (χ1n) is 5.72. The van der Waals surface area contributed by atoms with Crippen molar-refractivity contribution < 1.29 is 29.3 Å². The van der Waals surface area contributed by atoms with Gasteiger partial charge < -0.3 is 19.7 Å². The molecule has 0 amide bonds. The summed E-state index contributed by atoms with van der Waals surface area (Å²) in [6, 6.07) is 2.55. The van der Waals surface area contributed by atoms with Gasteiger partial charge in [0.15, 0.2) is 22.7 Å². The van der Waals surface area contributed by atoms with Crippen molar-refractivity contribution in [3.8, 4) is 17.2 Å². The molecule has 0 radical (unpaired) electrons. The second kappa shape index (κ2) is 4.46. The van der Waals surface area contributed by atoms with Gasteiger partial charge in [0, 0.05) is 6.42 Å². The van der Waals surface area contributed by atoms with Crippen LogP contribution >= 0.6 is 0 Å². The number of hydrogen-bond acceptors (Lipinski definition) is 6. The molecule has 0 aliphatic carbocycles. The van der Waals surface area contributed by atoms with Crippen molar-refractivity contribution in [2.24, 2.45) is 0 Å². The molecular weight excluding hydrogens is 252 g/mol. The fourth-order valence-electron chi connectivity index (χ4n) is 2.30. The van der Waals surface area contributed by atoms with E-state index in [0.29, 0.717) is 0 Å². The van der Waals surface area contributed by atoms with Gasteiger partial charge in [-0.05, 0) is 24.6 Å². The molecule has 6 nitrogen and oxygen atoms in total. The second-order valence-corrected chi connectivity index (χ2v) is 4.39. The van der Waals surface area contributed by atoms with Crippen molar-refractivity contribution in [2.45, 2.75) is 18.8 Å². The second-order valence-electron chi connectivity index (χ2n) is 4.39. The number of benzene rings is 1. The smallest absolute Gasteiger partial charge is 0.324 e. The minimum Gasteiger partial charge on any atom is -0.504 e. The van der Waals surface area contributed by atoms with Crippen LogP contribution in [-0.2, 0) is 19.7 Å². The Balaban J connectivity index is 2.65.